The van der Waals surface area contributed by atoms with E-state index in [0.29, 0.717) is 36.0 Å². The van der Waals surface area contributed by atoms with E-state index in [0.717, 1.165) is 25.7 Å². The van der Waals surface area contributed by atoms with Gasteiger partial charge in [0.05, 0.1) is 29.2 Å². The number of hydrogen-bond acceptors (Lipinski definition) is 5. The van der Waals surface area contributed by atoms with Crippen molar-refractivity contribution in [2.45, 2.75) is 38.7 Å². The molecule has 138 valence electrons. The first kappa shape index (κ1) is 19.5. The van der Waals surface area contributed by atoms with E-state index in [1.807, 2.05) is 6.92 Å². The number of nitrogens with one attached hydrogen (secondary N) is 1. The molecule has 0 saturated heterocycles. The third kappa shape index (κ3) is 5.61. The summed E-state index contributed by atoms with van der Waals surface area (Å²) in [4.78, 5) is 23.7. The number of benzene rings is 1. The Morgan fingerprint density at radius 1 is 1.28 bits per heavy atom. The summed E-state index contributed by atoms with van der Waals surface area (Å²) >= 11 is 6.19. The Kier molecular flexibility index (Phi) is 7.52. The Bertz CT molecular complexity index is 601. The number of halogens is 1. The van der Waals surface area contributed by atoms with Crippen LogP contribution in [0.1, 0.15) is 43.0 Å². The first-order chi connectivity index (χ1) is 12.0. The van der Waals surface area contributed by atoms with E-state index < -0.39 is 0 Å². The van der Waals surface area contributed by atoms with Crippen LogP contribution >= 0.6 is 11.6 Å². The Labute approximate surface area is 153 Å². The quantitative estimate of drug-likeness (QED) is 0.722. The fraction of sp³-hybridized carbons (Fsp3) is 0.556. The van der Waals surface area contributed by atoms with Gasteiger partial charge < -0.3 is 20.5 Å². The summed E-state index contributed by atoms with van der Waals surface area (Å²) in [5.41, 5.74) is 5.77. The first-order valence-corrected chi connectivity index (χ1v) is 9.04. The largest absolute Gasteiger partial charge is 0.490 e. The molecule has 0 atom stereocenters. The van der Waals surface area contributed by atoms with E-state index in [4.69, 9.17) is 26.8 Å². The highest BCUT2D eigenvalue weighted by molar-refractivity contribution is 6.34. The SMILES string of the molecule is CCOC(=O)C1CCC(Oc2ccc(C(=O)NCCN)c(Cl)c2)CC1. The fourth-order valence-electron chi connectivity index (χ4n) is 2.90. The summed E-state index contributed by atoms with van der Waals surface area (Å²) in [5, 5.41) is 3.02. The zero-order valence-electron chi connectivity index (χ0n) is 14.4. The first-order valence-electron chi connectivity index (χ1n) is 8.66. The Hall–Kier alpha value is -1.79. The number of esters is 1. The summed E-state index contributed by atoms with van der Waals surface area (Å²) in [6.07, 6.45) is 3.14. The molecule has 1 aromatic rings. The standard InChI is InChI=1S/C18H25ClN2O4/c1-2-24-18(23)12-3-5-13(6-4-12)25-14-7-8-15(16(19)11-14)17(22)21-10-9-20/h7-8,11-13H,2-6,9-10,20H2,1H3,(H,21,22). The molecule has 25 heavy (non-hydrogen) atoms. The van der Waals surface area contributed by atoms with E-state index in [9.17, 15) is 9.59 Å². The van der Waals surface area contributed by atoms with E-state index in [1.54, 1.807) is 18.2 Å². The number of ether oxygens (including phenoxy) is 2. The van der Waals surface area contributed by atoms with Crippen LogP contribution in [0.4, 0.5) is 0 Å². The molecule has 2 rings (SSSR count). The normalized spacial score (nSPS) is 20.0. The molecule has 1 fully saturated rings. The molecule has 1 saturated carbocycles. The van der Waals surface area contributed by atoms with Gasteiger partial charge in [0.15, 0.2) is 0 Å². The number of amides is 1. The molecule has 0 heterocycles. The second-order valence-corrected chi connectivity index (χ2v) is 6.44. The lowest BCUT2D eigenvalue weighted by molar-refractivity contribution is -0.149. The zero-order valence-corrected chi connectivity index (χ0v) is 15.2. The summed E-state index contributed by atoms with van der Waals surface area (Å²) in [7, 11) is 0. The van der Waals surface area contributed by atoms with Crippen molar-refractivity contribution in [3.63, 3.8) is 0 Å². The second-order valence-electron chi connectivity index (χ2n) is 6.03. The number of hydrogen-bond donors (Lipinski definition) is 2. The van der Waals surface area contributed by atoms with Crippen LogP contribution < -0.4 is 15.8 Å². The smallest absolute Gasteiger partial charge is 0.308 e. The summed E-state index contributed by atoms with van der Waals surface area (Å²) in [6.45, 7) is 3.01. The molecule has 7 heteroatoms. The minimum atomic E-state index is -0.253. The molecular weight excluding hydrogens is 344 g/mol. The molecule has 1 aliphatic carbocycles. The van der Waals surface area contributed by atoms with Crippen LogP contribution in [0, 0.1) is 5.92 Å². The van der Waals surface area contributed by atoms with E-state index in [1.165, 1.54) is 0 Å². The van der Waals surface area contributed by atoms with Crippen molar-refractivity contribution in [1.29, 1.82) is 0 Å². The van der Waals surface area contributed by atoms with Gasteiger partial charge in [-0.15, -0.1) is 0 Å². The van der Waals surface area contributed by atoms with Gasteiger partial charge in [-0.1, -0.05) is 11.6 Å². The topological polar surface area (TPSA) is 90.6 Å². The average molecular weight is 369 g/mol. The van der Waals surface area contributed by atoms with Gasteiger partial charge in [0, 0.05) is 13.1 Å². The summed E-state index contributed by atoms with van der Waals surface area (Å²) in [6, 6.07) is 5.03. The van der Waals surface area contributed by atoms with Crippen LogP contribution in [0.15, 0.2) is 18.2 Å². The van der Waals surface area contributed by atoms with Crippen molar-refractivity contribution in [2.75, 3.05) is 19.7 Å². The van der Waals surface area contributed by atoms with Crippen LogP contribution in [0.5, 0.6) is 5.75 Å². The predicted molar refractivity (Wildman–Crippen MR) is 95.8 cm³/mol. The maximum absolute atomic E-state index is 11.9. The second kappa shape index (κ2) is 9.63. The third-order valence-electron chi connectivity index (χ3n) is 4.21. The molecule has 0 radical (unpaired) electrons. The van der Waals surface area contributed by atoms with Gasteiger partial charge in [-0.05, 0) is 50.8 Å². The summed E-state index contributed by atoms with van der Waals surface area (Å²) in [5.74, 6) is 0.228. The Balaban J connectivity index is 1.88. The highest BCUT2D eigenvalue weighted by Gasteiger charge is 2.28. The third-order valence-corrected chi connectivity index (χ3v) is 4.52. The molecule has 6 nitrogen and oxygen atoms in total. The molecule has 0 bridgehead atoms. The van der Waals surface area contributed by atoms with Crippen molar-refractivity contribution in [3.8, 4) is 5.75 Å². The van der Waals surface area contributed by atoms with Crippen molar-refractivity contribution in [3.05, 3.63) is 28.8 Å². The molecule has 3 N–H and O–H groups in total. The van der Waals surface area contributed by atoms with Gasteiger partial charge in [-0.3, -0.25) is 9.59 Å². The van der Waals surface area contributed by atoms with Crippen molar-refractivity contribution in [2.24, 2.45) is 11.7 Å². The highest BCUT2D eigenvalue weighted by atomic mass is 35.5. The van der Waals surface area contributed by atoms with Gasteiger partial charge >= 0.3 is 5.97 Å². The molecule has 0 aliphatic heterocycles. The van der Waals surface area contributed by atoms with Crippen LogP contribution in [0.2, 0.25) is 5.02 Å². The van der Waals surface area contributed by atoms with Crippen LogP contribution in [0.3, 0.4) is 0 Å². The molecule has 1 amide bonds. The molecule has 0 unspecified atom stereocenters. The molecular formula is C18H25ClN2O4. The monoisotopic (exact) mass is 368 g/mol. The molecule has 0 aromatic heterocycles. The maximum Gasteiger partial charge on any atom is 0.308 e. The Morgan fingerprint density at radius 2 is 2.00 bits per heavy atom. The van der Waals surface area contributed by atoms with Crippen molar-refractivity contribution < 1.29 is 19.1 Å². The van der Waals surface area contributed by atoms with E-state index in [2.05, 4.69) is 5.32 Å². The van der Waals surface area contributed by atoms with Crippen LogP contribution in [-0.4, -0.2) is 37.7 Å². The predicted octanol–water partition coefficient (Wildman–Crippen LogP) is 2.53. The molecule has 1 aromatic carbocycles. The molecule has 1 aliphatic rings. The Morgan fingerprint density at radius 3 is 2.60 bits per heavy atom. The van der Waals surface area contributed by atoms with E-state index in [-0.39, 0.29) is 23.9 Å². The highest BCUT2D eigenvalue weighted by Crippen LogP contribution is 2.30. The van der Waals surface area contributed by atoms with Gasteiger partial charge in [0.25, 0.3) is 5.91 Å². The minimum absolute atomic E-state index is 0.0306. The maximum atomic E-state index is 11.9. The fourth-order valence-corrected chi connectivity index (χ4v) is 3.16. The number of carbonyl (C=O) groups excluding carboxylic acids is 2. The number of carbonyl (C=O) groups is 2. The average Bonchev–Trinajstić information content (AvgIpc) is 2.60. The van der Waals surface area contributed by atoms with Crippen LogP contribution in [0.25, 0.3) is 0 Å². The zero-order chi connectivity index (χ0) is 18.2. The molecule has 0 spiro atoms. The van der Waals surface area contributed by atoms with E-state index >= 15 is 0 Å². The lowest BCUT2D eigenvalue weighted by Crippen LogP contribution is -2.29. The van der Waals surface area contributed by atoms with Gasteiger partial charge in [0.2, 0.25) is 0 Å². The van der Waals surface area contributed by atoms with Gasteiger partial charge in [-0.25, -0.2) is 0 Å². The lowest BCUT2D eigenvalue weighted by Gasteiger charge is -2.27. The van der Waals surface area contributed by atoms with Crippen LogP contribution in [-0.2, 0) is 9.53 Å². The number of nitrogens with two attached hydrogens (primary N) is 1. The lowest BCUT2D eigenvalue weighted by atomic mass is 9.87. The van der Waals surface area contributed by atoms with Gasteiger partial charge in [-0.2, -0.15) is 0 Å². The van der Waals surface area contributed by atoms with Crippen molar-refractivity contribution >= 4 is 23.5 Å². The summed E-state index contributed by atoms with van der Waals surface area (Å²) < 4.78 is 11.0. The minimum Gasteiger partial charge on any atom is -0.490 e. The van der Waals surface area contributed by atoms with Gasteiger partial charge in [0.1, 0.15) is 5.75 Å². The van der Waals surface area contributed by atoms with Crippen molar-refractivity contribution in [1.82, 2.24) is 5.32 Å². The number of rotatable bonds is 7.